The number of esters is 1. The lowest BCUT2D eigenvalue weighted by Gasteiger charge is -2.27. The largest absolute Gasteiger partial charge is 0.462 e. The van der Waals surface area contributed by atoms with Crippen LogP contribution < -0.4 is 5.32 Å². The number of carbonyl (C=O) groups excluding carboxylic acids is 3. The maximum atomic E-state index is 13.0. The monoisotopic (exact) mass is 415 g/mol. The molecule has 2 heterocycles. The van der Waals surface area contributed by atoms with Crippen molar-refractivity contribution in [3.8, 4) is 0 Å². The molecule has 0 saturated carbocycles. The molecule has 1 amide bonds. The highest BCUT2D eigenvalue weighted by Gasteiger charge is 2.37. The van der Waals surface area contributed by atoms with Crippen LogP contribution in [-0.4, -0.2) is 24.3 Å². The second-order valence-electron chi connectivity index (χ2n) is 8.53. The lowest BCUT2D eigenvalue weighted by Crippen LogP contribution is -2.26. The minimum Gasteiger partial charge on any atom is -0.462 e. The summed E-state index contributed by atoms with van der Waals surface area (Å²) in [6.45, 7) is 7.82. The van der Waals surface area contributed by atoms with Crippen LogP contribution in [0.2, 0.25) is 0 Å². The summed E-state index contributed by atoms with van der Waals surface area (Å²) >= 11 is 1.43. The van der Waals surface area contributed by atoms with E-state index >= 15 is 0 Å². The van der Waals surface area contributed by atoms with E-state index in [0.717, 1.165) is 29.7 Å². The maximum Gasteiger partial charge on any atom is 0.341 e. The Morgan fingerprint density at radius 3 is 2.72 bits per heavy atom. The van der Waals surface area contributed by atoms with Gasteiger partial charge in [0.05, 0.1) is 17.7 Å². The Morgan fingerprint density at radius 1 is 1.24 bits per heavy atom. The number of carbonyl (C=O) groups is 3. The van der Waals surface area contributed by atoms with Gasteiger partial charge in [-0.05, 0) is 44.1 Å². The minimum absolute atomic E-state index is 0.0128. The lowest BCUT2D eigenvalue weighted by molar-refractivity contribution is 0.0526. The number of hydrogen-bond donors (Lipinski definition) is 1. The topological polar surface area (TPSA) is 85.6 Å². The zero-order valence-corrected chi connectivity index (χ0v) is 18.0. The SMILES string of the molecule is CCOC(=O)c1c(NC(=O)c2oc3c(c2C)C(=O)CC(C)(C)C3)sc2c1CCC2. The third kappa shape index (κ3) is 3.41. The normalized spacial score (nSPS) is 17.0. The molecule has 7 heteroatoms. The third-order valence-corrected chi connectivity index (χ3v) is 6.82. The van der Waals surface area contributed by atoms with Crippen molar-refractivity contribution in [1.29, 1.82) is 0 Å². The number of furan rings is 1. The Hall–Kier alpha value is -2.41. The number of ketones is 1. The summed E-state index contributed by atoms with van der Waals surface area (Å²) < 4.78 is 11.1. The van der Waals surface area contributed by atoms with Crippen LogP contribution in [0.25, 0.3) is 0 Å². The molecule has 0 fully saturated rings. The van der Waals surface area contributed by atoms with Crippen LogP contribution in [0.15, 0.2) is 4.42 Å². The summed E-state index contributed by atoms with van der Waals surface area (Å²) in [7, 11) is 0. The first-order valence-corrected chi connectivity index (χ1v) is 10.8. The predicted molar refractivity (Wildman–Crippen MR) is 110 cm³/mol. The average Bonchev–Trinajstić information content (AvgIpc) is 3.26. The molecule has 0 saturated heterocycles. The molecule has 2 aliphatic rings. The number of anilines is 1. The molecule has 2 aliphatic carbocycles. The van der Waals surface area contributed by atoms with Crippen molar-refractivity contribution in [1.82, 2.24) is 0 Å². The Labute approximate surface area is 173 Å². The van der Waals surface area contributed by atoms with E-state index in [1.165, 1.54) is 11.3 Å². The fourth-order valence-electron chi connectivity index (χ4n) is 4.37. The first-order valence-electron chi connectivity index (χ1n) is 10.0. The van der Waals surface area contributed by atoms with Crippen molar-refractivity contribution in [3.63, 3.8) is 0 Å². The Balaban J connectivity index is 1.67. The quantitative estimate of drug-likeness (QED) is 0.730. The molecule has 2 aromatic heterocycles. The van der Waals surface area contributed by atoms with E-state index in [2.05, 4.69) is 5.32 Å². The zero-order chi connectivity index (χ0) is 20.9. The number of hydrogen-bond acceptors (Lipinski definition) is 6. The molecule has 0 unspecified atom stereocenters. The van der Waals surface area contributed by atoms with Crippen LogP contribution in [0.1, 0.15) is 86.6 Å². The van der Waals surface area contributed by atoms with E-state index in [0.29, 0.717) is 40.3 Å². The minimum atomic E-state index is -0.437. The van der Waals surface area contributed by atoms with Gasteiger partial charge in [0.15, 0.2) is 11.5 Å². The van der Waals surface area contributed by atoms with Gasteiger partial charge in [0.25, 0.3) is 5.91 Å². The number of amides is 1. The fourth-order valence-corrected chi connectivity index (χ4v) is 5.64. The number of Topliss-reactive ketones (excluding diaryl/α,β-unsaturated/α-hetero) is 1. The van der Waals surface area contributed by atoms with Gasteiger partial charge in [-0.15, -0.1) is 11.3 Å². The summed E-state index contributed by atoms with van der Waals surface area (Å²) in [5.41, 5.74) is 2.36. The summed E-state index contributed by atoms with van der Waals surface area (Å²) in [6, 6.07) is 0. The number of ether oxygens (including phenoxy) is 1. The van der Waals surface area contributed by atoms with E-state index in [9.17, 15) is 14.4 Å². The molecule has 0 aromatic carbocycles. The van der Waals surface area contributed by atoms with Gasteiger partial charge in [0, 0.05) is 23.3 Å². The summed E-state index contributed by atoms with van der Waals surface area (Å²) in [5.74, 6) is -0.112. The van der Waals surface area contributed by atoms with E-state index in [1.54, 1.807) is 13.8 Å². The summed E-state index contributed by atoms with van der Waals surface area (Å²) in [5, 5.41) is 3.35. The van der Waals surface area contributed by atoms with Crippen LogP contribution in [0, 0.1) is 12.3 Å². The number of rotatable bonds is 4. The highest BCUT2D eigenvalue weighted by Crippen LogP contribution is 2.41. The summed E-state index contributed by atoms with van der Waals surface area (Å²) in [4.78, 5) is 39.2. The lowest BCUT2D eigenvalue weighted by atomic mass is 9.76. The smallest absolute Gasteiger partial charge is 0.341 e. The van der Waals surface area contributed by atoms with Crippen LogP contribution in [0.5, 0.6) is 0 Å². The molecule has 29 heavy (non-hydrogen) atoms. The molecule has 0 aliphatic heterocycles. The van der Waals surface area contributed by atoms with E-state index in [-0.39, 0.29) is 23.6 Å². The zero-order valence-electron chi connectivity index (χ0n) is 17.2. The highest BCUT2D eigenvalue weighted by molar-refractivity contribution is 7.17. The van der Waals surface area contributed by atoms with Crippen LogP contribution >= 0.6 is 11.3 Å². The van der Waals surface area contributed by atoms with Gasteiger partial charge >= 0.3 is 5.97 Å². The maximum absolute atomic E-state index is 13.0. The highest BCUT2D eigenvalue weighted by atomic mass is 32.1. The molecule has 1 N–H and O–H groups in total. The molecule has 4 rings (SSSR count). The van der Waals surface area contributed by atoms with Crippen LogP contribution in [0.4, 0.5) is 5.00 Å². The van der Waals surface area contributed by atoms with Crippen molar-refractivity contribution >= 4 is 34.0 Å². The third-order valence-electron chi connectivity index (χ3n) is 5.61. The molecule has 6 nitrogen and oxygen atoms in total. The molecular formula is C22H25NO5S. The fraction of sp³-hybridized carbons (Fsp3) is 0.500. The van der Waals surface area contributed by atoms with Gasteiger partial charge in [-0.1, -0.05) is 13.8 Å². The molecule has 2 aromatic rings. The van der Waals surface area contributed by atoms with Crippen LogP contribution in [0.3, 0.4) is 0 Å². The van der Waals surface area contributed by atoms with Crippen molar-refractivity contribution in [3.05, 3.63) is 38.7 Å². The Kier molecular flexibility index (Phi) is 4.89. The van der Waals surface area contributed by atoms with Gasteiger partial charge in [-0.3, -0.25) is 9.59 Å². The van der Waals surface area contributed by atoms with Gasteiger partial charge in [-0.2, -0.15) is 0 Å². The number of thiophene rings is 1. The molecular weight excluding hydrogens is 390 g/mol. The van der Waals surface area contributed by atoms with Gasteiger partial charge < -0.3 is 14.5 Å². The molecule has 0 atom stereocenters. The van der Waals surface area contributed by atoms with Crippen LogP contribution in [-0.2, 0) is 24.0 Å². The van der Waals surface area contributed by atoms with Crippen molar-refractivity contribution in [2.45, 2.75) is 59.8 Å². The first kappa shape index (κ1) is 19.9. The van der Waals surface area contributed by atoms with E-state index in [4.69, 9.17) is 9.15 Å². The summed E-state index contributed by atoms with van der Waals surface area (Å²) in [6.07, 6.45) is 3.77. The number of nitrogens with one attached hydrogen (secondary N) is 1. The van der Waals surface area contributed by atoms with Gasteiger partial charge in [0.1, 0.15) is 10.8 Å². The Morgan fingerprint density at radius 2 is 2.00 bits per heavy atom. The number of fused-ring (bicyclic) bond motifs is 2. The van der Waals surface area contributed by atoms with Crippen molar-refractivity contribution in [2.24, 2.45) is 5.41 Å². The number of aryl methyl sites for hydroxylation is 1. The van der Waals surface area contributed by atoms with E-state index in [1.807, 2.05) is 13.8 Å². The average molecular weight is 416 g/mol. The molecule has 154 valence electrons. The Bertz CT molecular complexity index is 1030. The van der Waals surface area contributed by atoms with Crippen molar-refractivity contribution < 1.29 is 23.5 Å². The van der Waals surface area contributed by atoms with Gasteiger partial charge in [-0.25, -0.2) is 4.79 Å². The molecule has 0 radical (unpaired) electrons. The second kappa shape index (κ2) is 7.13. The second-order valence-corrected chi connectivity index (χ2v) is 9.64. The van der Waals surface area contributed by atoms with E-state index < -0.39 is 11.9 Å². The molecule has 0 spiro atoms. The van der Waals surface area contributed by atoms with Gasteiger partial charge in [0.2, 0.25) is 0 Å². The molecule has 0 bridgehead atoms. The predicted octanol–water partition coefficient (Wildman–Crippen LogP) is 4.72. The standard InChI is InChI=1S/C22H25NO5S/c1-5-27-21(26)17-12-7-6-8-15(12)29-20(17)23-19(25)18-11(2)16-13(24)9-22(3,4)10-14(16)28-18/h5-10H2,1-4H3,(H,23,25). The first-order chi connectivity index (χ1) is 13.7. The van der Waals surface area contributed by atoms with Crippen molar-refractivity contribution in [2.75, 3.05) is 11.9 Å².